The van der Waals surface area contributed by atoms with E-state index in [0.29, 0.717) is 49.7 Å². The lowest BCUT2D eigenvalue weighted by atomic mass is 9.74. The Morgan fingerprint density at radius 2 is 1.86 bits per heavy atom. The van der Waals surface area contributed by atoms with Crippen molar-refractivity contribution in [3.63, 3.8) is 0 Å². The lowest BCUT2D eigenvalue weighted by Gasteiger charge is -2.42. The van der Waals surface area contributed by atoms with Crippen molar-refractivity contribution in [2.45, 2.75) is 103 Å². The molecule has 1 unspecified atom stereocenters. The quantitative estimate of drug-likeness (QED) is 0.120. The molecule has 0 saturated heterocycles. The molecule has 49 heavy (non-hydrogen) atoms. The predicted molar refractivity (Wildman–Crippen MR) is 194 cm³/mol. The lowest BCUT2D eigenvalue weighted by molar-refractivity contribution is -0.123. The van der Waals surface area contributed by atoms with Crippen LogP contribution in [0.1, 0.15) is 87.6 Å². The van der Waals surface area contributed by atoms with E-state index in [2.05, 4.69) is 52.1 Å². The molecule has 0 saturated carbocycles. The summed E-state index contributed by atoms with van der Waals surface area (Å²) in [5, 5.41) is 14.9. The number of hydrogen-bond acceptors (Lipinski definition) is 8. The van der Waals surface area contributed by atoms with Gasteiger partial charge in [-0.15, -0.1) is 15.9 Å². The van der Waals surface area contributed by atoms with Crippen molar-refractivity contribution in [1.82, 2.24) is 29.9 Å². The van der Waals surface area contributed by atoms with Crippen molar-refractivity contribution in [2.24, 2.45) is 0 Å². The SMILES string of the molecule is CCC1CN(Cc2cc([C@@H](c3ccc4c(nnn4CC)c3C)C(C)(C)NC(=O)CCCNC(C)=O)ccc2C)S(O)(O)c2ccccc2O1. The van der Waals surface area contributed by atoms with Gasteiger partial charge >= 0.3 is 0 Å². The van der Waals surface area contributed by atoms with Gasteiger partial charge in [-0.25, -0.2) is 4.68 Å². The van der Waals surface area contributed by atoms with E-state index in [1.807, 2.05) is 51.4 Å². The molecule has 4 N–H and O–H groups in total. The van der Waals surface area contributed by atoms with Crippen LogP contribution in [0.25, 0.3) is 11.0 Å². The molecule has 0 fully saturated rings. The van der Waals surface area contributed by atoms with Crippen LogP contribution in [0.2, 0.25) is 0 Å². The van der Waals surface area contributed by atoms with Crippen molar-refractivity contribution in [3.05, 3.63) is 82.4 Å². The fraction of sp³-hybridized carbons (Fsp3) is 0.459. The molecule has 0 radical (unpaired) electrons. The van der Waals surface area contributed by atoms with Crippen LogP contribution in [0.3, 0.4) is 0 Å². The Balaban J connectivity index is 1.55. The van der Waals surface area contributed by atoms with Gasteiger partial charge in [-0.05, 0) is 93.5 Å². The second-order valence-electron chi connectivity index (χ2n) is 13.5. The van der Waals surface area contributed by atoms with Gasteiger partial charge in [0.2, 0.25) is 11.8 Å². The van der Waals surface area contributed by atoms with Gasteiger partial charge in [-0.3, -0.25) is 18.7 Å². The Hall–Kier alpha value is -3.97. The summed E-state index contributed by atoms with van der Waals surface area (Å²) < 4.78 is 33.2. The summed E-state index contributed by atoms with van der Waals surface area (Å²) >= 11 is 0. The van der Waals surface area contributed by atoms with E-state index in [9.17, 15) is 18.7 Å². The van der Waals surface area contributed by atoms with Gasteiger partial charge in [0.25, 0.3) is 0 Å². The highest BCUT2D eigenvalue weighted by molar-refractivity contribution is 8.22. The zero-order chi connectivity index (χ0) is 35.5. The van der Waals surface area contributed by atoms with Crippen molar-refractivity contribution in [1.29, 1.82) is 0 Å². The minimum absolute atomic E-state index is 0.105. The second-order valence-corrected chi connectivity index (χ2v) is 15.5. The molecule has 1 aliphatic rings. The number of aryl methyl sites for hydroxylation is 3. The van der Waals surface area contributed by atoms with Gasteiger partial charge in [-0.2, -0.15) is 4.31 Å². The Morgan fingerprint density at radius 3 is 2.57 bits per heavy atom. The molecule has 1 aliphatic heterocycles. The number of ether oxygens (including phenoxy) is 1. The smallest absolute Gasteiger partial charge is 0.220 e. The van der Waals surface area contributed by atoms with Crippen LogP contribution in [-0.2, 0) is 22.7 Å². The number of nitrogens with one attached hydrogen (secondary N) is 2. The molecular formula is C37H50N6O5S. The molecule has 2 amide bonds. The van der Waals surface area contributed by atoms with Crippen molar-refractivity contribution in [2.75, 3.05) is 13.1 Å². The maximum atomic E-state index is 13.3. The maximum absolute atomic E-state index is 13.3. The van der Waals surface area contributed by atoms with Crippen LogP contribution in [0, 0.1) is 13.8 Å². The normalized spacial score (nSPS) is 17.4. The molecule has 12 heteroatoms. The molecular weight excluding hydrogens is 641 g/mol. The maximum Gasteiger partial charge on any atom is 0.220 e. The van der Waals surface area contributed by atoms with Crippen LogP contribution < -0.4 is 15.4 Å². The molecule has 2 atom stereocenters. The first-order valence-electron chi connectivity index (χ1n) is 17.0. The summed E-state index contributed by atoms with van der Waals surface area (Å²) in [6, 6.07) is 17.6. The molecule has 1 aromatic heterocycles. The van der Waals surface area contributed by atoms with Crippen molar-refractivity contribution >= 4 is 33.6 Å². The average molecular weight is 691 g/mol. The number of fused-ring (bicyclic) bond motifs is 2. The molecule has 0 bridgehead atoms. The topological polar surface area (TPSA) is 142 Å². The molecule has 3 aromatic carbocycles. The van der Waals surface area contributed by atoms with Gasteiger partial charge < -0.3 is 15.4 Å². The molecule has 5 rings (SSSR count). The summed E-state index contributed by atoms with van der Waals surface area (Å²) in [4.78, 5) is 25.1. The third-order valence-corrected chi connectivity index (χ3v) is 11.4. The number of benzene rings is 3. The number of carbonyl (C=O) groups is 2. The summed E-state index contributed by atoms with van der Waals surface area (Å²) in [6.07, 6.45) is 1.30. The number of hydrogen-bond donors (Lipinski definition) is 4. The van der Waals surface area contributed by atoms with Gasteiger partial charge in [0.15, 0.2) is 0 Å². The Labute approximate surface area is 290 Å². The number of carbonyl (C=O) groups excluding carboxylic acids is 2. The number of amides is 2. The Morgan fingerprint density at radius 1 is 1.10 bits per heavy atom. The summed E-state index contributed by atoms with van der Waals surface area (Å²) in [6.45, 7) is 15.4. The van der Waals surface area contributed by atoms with Crippen LogP contribution in [0.15, 0.2) is 59.5 Å². The first kappa shape index (κ1) is 36.3. The zero-order valence-corrected chi connectivity index (χ0v) is 30.4. The van der Waals surface area contributed by atoms with E-state index in [4.69, 9.17) is 4.74 Å². The third kappa shape index (κ3) is 7.77. The molecule has 0 spiro atoms. The molecule has 4 aromatic rings. The van der Waals surface area contributed by atoms with E-state index in [1.165, 1.54) is 6.92 Å². The van der Waals surface area contributed by atoms with E-state index in [1.54, 1.807) is 22.5 Å². The average Bonchev–Trinajstić information content (AvgIpc) is 3.44. The van der Waals surface area contributed by atoms with E-state index in [0.717, 1.165) is 38.9 Å². The summed E-state index contributed by atoms with van der Waals surface area (Å²) in [5.74, 6) is -0.0153. The first-order chi connectivity index (χ1) is 23.3. The largest absolute Gasteiger partial charge is 0.487 e. The lowest BCUT2D eigenvalue weighted by Crippen LogP contribution is -2.48. The monoisotopic (exact) mass is 690 g/mol. The summed E-state index contributed by atoms with van der Waals surface area (Å²) in [7, 11) is -3.35. The molecule has 0 aliphatic carbocycles. The fourth-order valence-corrected chi connectivity index (χ4v) is 8.40. The van der Waals surface area contributed by atoms with Gasteiger partial charge in [0.05, 0.1) is 12.1 Å². The fourth-order valence-electron chi connectivity index (χ4n) is 6.78. The highest BCUT2D eigenvalue weighted by Crippen LogP contribution is 2.57. The third-order valence-electron chi connectivity index (χ3n) is 9.44. The Bertz CT molecular complexity index is 1820. The van der Waals surface area contributed by atoms with E-state index < -0.39 is 16.3 Å². The zero-order valence-electron chi connectivity index (χ0n) is 29.6. The number of aromatic nitrogens is 3. The standard InChI is InChI=1S/C37H50N6O5S/c1-8-29-23-42(49(46,47)33-14-11-10-13-32(33)48-29)22-28-21-27(17-16-24(28)3)35(37(6,7)39-34(45)15-12-20-38-26(5)44)30-18-19-31-36(25(30)4)40-41-43(31)9-2/h10-11,13-14,16-19,21,29,35,46-47H,8-9,12,15,20,22-23H2,1-7H3,(H,38,44)(H,39,45)/t29?,35-/m0/s1. The van der Waals surface area contributed by atoms with E-state index >= 15 is 0 Å². The van der Waals surface area contributed by atoms with Crippen LogP contribution in [0.4, 0.5) is 0 Å². The van der Waals surface area contributed by atoms with Crippen molar-refractivity contribution in [3.8, 4) is 5.75 Å². The Kier molecular flexibility index (Phi) is 11.0. The van der Waals surface area contributed by atoms with Gasteiger partial charge in [0, 0.05) is 44.4 Å². The number of para-hydroxylation sites is 1. The molecule has 2 heterocycles. The second kappa shape index (κ2) is 14.9. The van der Waals surface area contributed by atoms with Crippen molar-refractivity contribution < 1.29 is 23.4 Å². The van der Waals surface area contributed by atoms with E-state index in [-0.39, 0.29) is 30.3 Å². The first-order valence-corrected chi connectivity index (χ1v) is 18.5. The molecule has 11 nitrogen and oxygen atoms in total. The highest BCUT2D eigenvalue weighted by atomic mass is 32.3. The van der Waals surface area contributed by atoms with Gasteiger partial charge in [-0.1, -0.05) is 48.5 Å². The number of nitrogens with zero attached hydrogens (tertiary/aromatic N) is 4. The van der Waals surface area contributed by atoms with Crippen LogP contribution in [0.5, 0.6) is 5.75 Å². The highest BCUT2D eigenvalue weighted by Gasteiger charge is 2.37. The van der Waals surface area contributed by atoms with Crippen LogP contribution in [-0.4, -0.2) is 65.0 Å². The predicted octanol–water partition coefficient (Wildman–Crippen LogP) is 6.71. The number of rotatable bonds is 12. The minimum Gasteiger partial charge on any atom is -0.487 e. The summed E-state index contributed by atoms with van der Waals surface area (Å²) in [5.41, 5.74) is 5.96. The molecule has 264 valence electrons. The van der Waals surface area contributed by atoms with Crippen LogP contribution >= 0.6 is 10.8 Å². The minimum atomic E-state index is -3.35. The van der Waals surface area contributed by atoms with Gasteiger partial charge in [0.1, 0.15) is 22.3 Å².